The molecule has 0 aromatic heterocycles. The molecule has 0 radical (unpaired) electrons. The van der Waals surface area contributed by atoms with Crippen LogP contribution in [0.25, 0.3) is 0 Å². The van der Waals surface area contributed by atoms with Crippen molar-refractivity contribution in [3.05, 3.63) is 23.3 Å². The highest BCUT2D eigenvalue weighted by atomic mass is 32.2. The molecule has 1 N–H and O–H groups in total. The first-order valence-corrected chi connectivity index (χ1v) is 5.59. The molecule has 0 aliphatic rings. The van der Waals surface area contributed by atoms with E-state index in [1.807, 2.05) is 26.0 Å². The van der Waals surface area contributed by atoms with Gasteiger partial charge in [0.15, 0.2) is 0 Å². The van der Waals surface area contributed by atoms with Crippen LogP contribution in [0.5, 0.6) is 0 Å². The zero-order chi connectivity index (χ0) is 10.7. The molecule has 1 aromatic carbocycles. The van der Waals surface area contributed by atoms with Gasteiger partial charge in [-0.05, 0) is 37.1 Å². The molecule has 76 valence electrons. The van der Waals surface area contributed by atoms with E-state index in [-0.39, 0.29) is 5.75 Å². The van der Waals surface area contributed by atoms with E-state index in [0.29, 0.717) is 0 Å². The van der Waals surface area contributed by atoms with Crippen LogP contribution in [0.2, 0.25) is 0 Å². The molecule has 0 aliphatic carbocycles. The van der Waals surface area contributed by atoms with Crippen molar-refractivity contribution in [1.29, 1.82) is 0 Å². The number of aliphatic carboxylic acids is 1. The second kappa shape index (κ2) is 4.75. The largest absolute Gasteiger partial charge is 0.481 e. The number of carboxylic acid groups (broad SMARTS) is 1. The van der Waals surface area contributed by atoms with Gasteiger partial charge in [0.2, 0.25) is 0 Å². The predicted octanol–water partition coefficient (Wildman–Crippen LogP) is 2.77. The Labute approximate surface area is 93.1 Å². The summed E-state index contributed by atoms with van der Waals surface area (Å²) < 4.78 is 0. The number of carbonyl (C=O) groups is 1. The van der Waals surface area contributed by atoms with Crippen LogP contribution in [-0.2, 0) is 4.79 Å². The van der Waals surface area contributed by atoms with Crippen LogP contribution >= 0.6 is 24.4 Å². The number of hydrogen-bond acceptors (Lipinski definition) is 3. The average Bonchev–Trinajstić information content (AvgIpc) is 2.10. The Morgan fingerprint density at radius 1 is 1.43 bits per heavy atom. The third-order valence-corrected chi connectivity index (χ3v) is 3.49. The molecule has 1 aromatic rings. The first-order chi connectivity index (χ1) is 6.50. The molecule has 0 amide bonds. The summed E-state index contributed by atoms with van der Waals surface area (Å²) in [6.45, 7) is 3.94. The van der Waals surface area contributed by atoms with Crippen LogP contribution in [-0.4, -0.2) is 16.8 Å². The molecule has 0 saturated carbocycles. The SMILES string of the molecule is Cc1cc(SCC(=O)O)cc(C)c1S. The molecule has 0 heterocycles. The molecule has 0 saturated heterocycles. The summed E-state index contributed by atoms with van der Waals surface area (Å²) in [4.78, 5) is 12.3. The lowest BCUT2D eigenvalue weighted by Gasteiger charge is -2.06. The summed E-state index contributed by atoms with van der Waals surface area (Å²) in [6.07, 6.45) is 0. The van der Waals surface area contributed by atoms with Crippen molar-refractivity contribution in [2.24, 2.45) is 0 Å². The van der Waals surface area contributed by atoms with Gasteiger partial charge in [0.25, 0.3) is 0 Å². The third kappa shape index (κ3) is 2.96. The van der Waals surface area contributed by atoms with Gasteiger partial charge >= 0.3 is 5.97 Å². The van der Waals surface area contributed by atoms with E-state index in [0.717, 1.165) is 20.9 Å². The van der Waals surface area contributed by atoms with E-state index in [4.69, 9.17) is 5.11 Å². The van der Waals surface area contributed by atoms with E-state index in [9.17, 15) is 4.79 Å². The van der Waals surface area contributed by atoms with Gasteiger partial charge < -0.3 is 5.11 Å². The standard InChI is InChI=1S/C10H12O2S2/c1-6-3-8(14-5-9(11)12)4-7(2)10(6)13/h3-4,13H,5H2,1-2H3,(H,11,12). The lowest BCUT2D eigenvalue weighted by molar-refractivity contribution is -0.133. The summed E-state index contributed by atoms with van der Waals surface area (Å²) in [5.41, 5.74) is 2.17. The molecule has 0 aliphatic heterocycles. The Balaban J connectivity index is 2.84. The Morgan fingerprint density at radius 2 is 1.93 bits per heavy atom. The van der Waals surface area contributed by atoms with Gasteiger partial charge in [-0.25, -0.2) is 0 Å². The third-order valence-electron chi connectivity index (χ3n) is 1.83. The van der Waals surface area contributed by atoms with Crippen molar-refractivity contribution in [2.45, 2.75) is 23.6 Å². The molecule has 0 unspecified atom stereocenters. The zero-order valence-corrected chi connectivity index (χ0v) is 9.78. The number of rotatable bonds is 3. The van der Waals surface area contributed by atoms with E-state index in [1.54, 1.807) is 0 Å². The molecule has 0 atom stereocenters. The highest BCUT2D eigenvalue weighted by Crippen LogP contribution is 2.26. The summed E-state index contributed by atoms with van der Waals surface area (Å²) in [7, 11) is 0. The molecular weight excluding hydrogens is 216 g/mol. The van der Waals surface area contributed by atoms with Gasteiger partial charge in [-0.2, -0.15) is 0 Å². The summed E-state index contributed by atoms with van der Waals surface area (Å²) in [5.74, 6) is -0.689. The van der Waals surface area contributed by atoms with Crippen LogP contribution < -0.4 is 0 Å². The van der Waals surface area contributed by atoms with E-state index < -0.39 is 5.97 Å². The Kier molecular flexibility index (Phi) is 3.89. The average molecular weight is 228 g/mol. The van der Waals surface area contributed by atoms with Crippen LogP contribution in [0.4, 0.5) is 0 Å². The highest BCUT2D eigenvalue weighted by Gasteiger charge is 2.04. The van der Waals surface area contributed by atoms with Crippen molar-refractivity contribution in [2.75, 3.05) is 5.75 Å². The van der Waals surface area contributed by atoms with Gasteiger partial charge in [-0.1, -0.05) is 0 Å². The number of aryl methyl sites for hydroxylation is 2. The molecule has 0 spiro atoms. The summed E-state index contributed by atoms with van der Waals surface area (Å²) in [6, 6.07) is 3.92. The topological polar surface area (TPSA) is 37.3 Å². The first-order valence-electron chi connectivity index (χ1n) is 4.15. The zero-order valence-electron chi connectivity index (χ0n) is 8.07. The van der Waals surface area contributed by atoms with Crippen molar-refractivity contribution in [3.63, 3.8) is 0 Å². The fourth-order valence-corrected chi connectivity index (χ4v) is 2.08. The highest BCUT2D eigenvalue weighted by molar-refractivity contribution is 8.00. The predicted molar refractivity (Wildman–Crippen MR) is 61.5 cm³/mol. The van der Waals surface area contributed by atoms with Crippen molar-refractivity contribution in [3.8, 4) is 0 Å². The van der Waals surface area contributed by atoms with Crippen molar-refractivity contribution < 1.29 is 9.90 Å². The second-order valence-corrected chi connectivity index (χ2v) is 4.58. The summed E-state index contributed by atoms with van der Waals surface area (Å²) >= 11 is 5.67. The number of hydrogen-bond donors (Lipinski definition) is 2. The van der Waals surface area contributed by atoms with E-state index >= 15 is 0 Å². The summed E-state index contributed by atoms with van der Waals surface area (Å²) in [5, 5.41) is 8.53. The molecular formula is C10H12O2S2. The van der Waals surface area contributed by atoms with Gasteiger partial charge in [-0.15, -0.1) is 24.4 Å². The Bertz CT molecular complexity index is 338. The lowest BCUT2D eigenvalue weighted by Crippen LogP contribution is -1.97. The lowest BCUT2D eigenvalue weighted by atomic mass is 10.2. The van der Waals surface area contributed by atoms with Gasteiger partial charge in [0, 0.05) is 9.79 Å². The number of thioether (sulfide) groups is 1. The normalized spacial score (nSPS) is 10.2. The minimum absolute atomic E-state index is 0.102. The number of carboxylic acids is 1. The van der Waals surface area contributed by atoms with Gasteiger partial charge in [0.05, 0.1) is 5.75 Å². The minimum atomic E-state index is -0.791. The van der Waals surface area contributed by atoms with Crippen molar-refractivity contribution >= 4 is 30.4 Å². The molecule has 14 heavy (non-hydrogen) atoms. The Hall–Kier alpha value is -0.610. The van der Waals surface area contributed by atoms with Crippen LogP contribution in [0, 0.1) is 13.8 Å². The molecule has 0 fully saturated rings. The van der Waals surface area contributed by atoms with E-state index in [2.05, 4.69) is 12.6 Å². The fraction of sp³-hybridized carbons (Fsp3) is 0.300. The van der Waals surface area contributed by atoms with Gasteiger partial charge in [-0.3, -0.25) is 4.79 Å². The first kappa shape index (κ1) is 11.5. The maximum Gasteiger partial charge on any atom is 0.313 e. The smallest absolute Gasteiger partial charge is 0.313 e. The molecule has 2 nitrogen and oxygen atoms in total. The fourth-order valence-electron chi connectivity index (χ4n) is 1.14. The molecule has 4 heteroatoms. The van der Waals surface area contributed by atoms with Gasteiger partial charge in [0.1, 0.15) is 0 Å². The number of thiol groups is 1. The maximum atomic E-state index is 10.4. The van der Waals surface area contributed by atoms with Crippen LogP contribution in [0.15, 0.2) is 21.9 Å². The van der Waals surface area contributed by atoms with Crippen molar-refractivity contribution in [1.82, 2.24) is 0 Å². The van der Waals surface area contributed by atoms with Crippen LogP contribution in [0.3, 0.4) is 0 Å². The monoisotopic (exact) mass is 228 g/mol. The molecule has 1 rings (SSSR count). The molecule has 0 bridgehead atoms. The number of benzene rings is 1. The second-order valence-electron chi connectivity index (χ2n) is 3.09. The quantitative estimate of drug-likeness (QED) is 0.617. The Morgan fingerprint density at radius 3 is 2.36 bits per heavy atom. The van der Waals surface area contributed by atoms with Crippen LogP contribution in [0.1, 0.15) is 11.1 Å². The van der Waals surface area contributed by atoms with E-state index in [1.165, 1.54) is 11.8 Å². The minimum Gasteiger partial charge on any atom is -0.481 e. The maximum absolute atomic E-state index is 10.4.